The SMILES string of the molecule is Br.Cc1sc(N=C(N)N)nc1-c1cccc([N+](=O)[O-])c1. The Morgan fingerprint density at radius 2 is 2.15 bits per heavy atom. The lowest BCUT2D eigenvalue weighted by atomic mass is 10.1. The molecule has 1 aromatic heterocycles. The van der Waals surface area contributed by atoms with Crippen LogP contribution in [0.3, 0.4) is 0 Å². The third kappa shape index (κ3) is 3.52. The Morgan fingerprint density at radius 1 is 1.45 bits per heavy atom. The number of rotatable bonds is 3. The van der Waals surface area contributed by atoms with Gasteiger partial charge in [0.1, 0.15) is 0 Å². The molecule has 0 unspecified atom stereocenters. The molecule has 0 amide bonds. The molecule has 7 nitrogen and oxygen atoms in total. The predicted octanol–water partition coefficient (Wildman–Crippen LogP) is 2.51. The van der Waals surface area contributed by atoms with Crippen LogP contribution in [0.1, 0.15) is 4.88 Å². The highest BCUT2D eigenvalue weighted by Crippen LogP contribution is 2.33. The summed E-state index contributed by atoms with van der Waals surface area (Å²) >= 11 is 1.32. The highest BCUT2D eigenvalue weighted by molar-refractivity contribution is 8.93. The minimum atomic E-state index is -0.442. The van der Waals surface area contributed by atoms with Gasteiger partial charge < -0.3 is 11.5 Å². The smallest absolute Gasteiger partial charge is 0.270 e. The van der Waals surface area contributed by atoms with Crippen LogP contribution >= 0.6 is 28.3 Å². The number of guanidine groups is 1. The number of nitrogens with two attached hydrogens (primary N) is 2. The van der Waals surface area contributed by atoms with Crippen LogP contribution in [0.4, 0.5) is 10.8 Å². The van der Waals surface area contributed by atoms with Crippen LogP contribution in [-0.2, 0) is 0 Å². The van der Waals surface area contributed by atoms with Crippen molar-refractivity contribution in [1.29, 1.82) is 0 Å². The van der Waals surface area contributed by atoms with Gasteiger partial charge in [-0.3, -0.25) is 10.1 Å². The molecule has 20 heavy (non-hydrogen) atoms. The Balaban J connectivity index is 0.00000200. The van der Waals surface area contributed by atoms with Gasteiger partial charge in [-0.25, -0.2) is 4.98 Å². The Kier molecular flexibility index (Phi) is 5.17. The van der Waals surface area contributed by atoms with E-state index >= 15 is 0 Å². The largest absolute Gasteiger partial charge is 0.370 e. The lowest BCUT2D eigenvalue weighted by Gasteiger charge is -1.98. The molecular formula is C11H12BrN5O2S. The molecule has 1 aromatic carbocycles. The van der Waals surface area contributed by atoms with Crippen molar-refractivity contribution >= 4 is 45.1 Å². The van der Waals surface area contributed by atoms with Crippen molar-refractivity contribution in [2.75, 3.05) is 0 Å². The van der Waals surface area contributed by atoms with E-state index in [1.165, 1.54) is 23.5 Å². The second-order valence-electron chi connectivity index (χ2n) is 3.75. The zero-order valence-electron chi connectivity index (χ0n) is 10.4. The number of aryl methyl sites for hydroxylation is 1. The van der Waals surface area contributed by atoms with E-state index in [1.54, 1.807) is 12.1 Å². The molecule has 0 fully saturated rings. The lowest BCUT2D eigenvalue weighted by molar-refractivity contribution is -0.384. The highest BCUT2D eigenvalue weighted by atomic mass is 79.9. The second kappa shape index (κ2) is 6.44. The minimum absolute atomic E-state index is 0. The van der Waals surface area contributed by atoms with Gasteiger partial charge in [-0.2, -0.15) is 4.99 Å². The van der Waals surface area contributed by atoms with E-state index in [0.717, 1.165) is 4.88 Å². The number of hydrogen-bond acceptors (Lipinski definition) is 5. The van der Waals surface area contributed by atoms with Crippen molar-refractivity contribution in [2.24, 2.45) is 16.5 Å². The first-order valence-electron chi connectivity index (χ1n) is 5.29. The van der Waals surface area contributed by atoms with Gasteiger partial charge >= 0.3 is 0 Å². The molecule has 0 aliphatic carbocycles. The van der Waals surface area contributed by atoms with Gasteiger partial charge in [0.15, 0.2) is 5.96 Å². The molecule has 0 radical (unpaired) electrons. The zero-order valence-corrected chi connectivity index (χ0v) is 13.0. The van der Waals surface area contributed by atoms with Crippen LogP contribution in [0.15, 0.2) is 29.3 Å². The molecule has 0 aliphatic rings. The number of non-ortho nitro benzene ring substituents is 1. The first-order chi connectivity index (χ1) is 8.97. The summed E-state index contributed by atoms with van der Waals surface area (Å²) < 4.78 is 0. The van der Waals surface area contributed by atoms with Gasteiger partial charge in [-0.05, 0) is 6.92 Å². The van der Waals surface area contributed by atoms with Crippen LogP contribution < -0.4 is 11.5 Å². The fourth-order valence-corrected chi connectivity index (χ4v) is 2.40. The first-order valence-corrected chi connectivity index (χ1v) is 6.11. The second-order valence-corrected chi connectivity index (χ2v) is 4.93. The Hall–Kier alpha value is -2.00. The Labute approximate surface area is 129 Å². The maximum atomic E-state index is 10.8. The van der Waals surface area contributed by atoms with Gasteiger partial charge in [0, 0.05) is 22.6 Å². The van der Waals surface area contributed by atoms with E-state index in [1.807, 2.05) is 6.92 Å². The topological polar surface area (TPSA) is 120 Å². The summed E-state index contributed by atoms with van der Waals surface area (Å²) in [5.41, 5.74) is 11.9. The normalized spacial score (nSPS) is 9.65. The van der Waals surface area contributed by atoms with E-state index < -0.39 is 4.92 Å². The quantitative estimate of drug-likeness (QED) is 0.378. The molecule has 0 bridgehead atoms. The van der Waals surface area contributed by atoms with Crippen molar-refractivity contribution in [3.8, 4) is 11.3 Å². The average molecular weight is 358 g/mol. The molecule has 106 valence electrons. The average Bonchev–Trinajstić information content (AvgIpc) is 2.69. The van der Waals surface area contributed by atoms with Crippen molar-refractivity contribution in [3.63, 3.8) is 0 Å². The molecule has 0 saturated heterocycles. The molecule has 0 atom stereocenters. The maximum Gasteiger partial charge on any atom is 0.270 e. The van der Waals surface area contributed by atoms with Gasteiger partial charge in [0.2, 0.25) is 5.13 Å². The lowest BCUT2D eigenvalue weighted by Crippen LogP contribution is -2.21. The maximum absolute atomic E-state index is 10.8. The molecular weight excluding hydrogens is 346 g/mol. The number of nitrogens with zero attached hydrogens (tertiary/aromatic N) is 3. The first kappa shape index (κ1) is 16.1. The zero-order chi connectivity index (χ0) is 14.0. The van der Waals surface area contributed by atoms with Crippen molar-refractivity contribution in [2.45, 2.75) is 6.92 Å². The van der Waals surface area contributed by atoms with E-state index in [9.17, 15) is 10.1 Å². The molecule has 0 saturated carbocycles. The fourth-order valence-electron chi connectivity index (χ4n) is 1.58. The molecule has 1 heterocycles. The van der Waals surface area contributed by atoms with Gasteiger partial charge in [0.25, 0.3) is 5.69 Å². The summed E-state index contributed by atoms with van der Waals surface area (Å²) in [5.74, 6) is -0.0701. The van der Waals surface area contributed by atoms with E-state index in [2.05, 4.69) is 9.98 Å². The monoisotopic (exact) mass is 357 g/mol. The van der Waals surface area contributed by atoms with Gasteiger partial charge in [0.05, 0.1) is 10.6 Å². The highest BCUT2D eigenvalue weighted by Gasteiger charge is 2.13. The minimum Gasteiger partial charge on any atom is -0.370 e. The molecule has 2 rings (SSSR count). The third-order valence-corrected chi connectivity index (χ3v) is 3.21. The van der Waals surface area contributed by atoms with Crippen LogP contribution in [0.5, 0.6) is 0 Å². The standard InChI is InChI=1S/C11H11N5O2S.BrH/c1-6-9(14-11(19-6)15-10(12)13)7-3-2-4-8(5-7)16(17)18;/h2-5H,1H3,(H4,12,13,14,15);1H. The number of hydrogen-bond donors (Lipinski definition) is 2. The Morgan fingerprint density at radius 3 is 2.75 bits per heavy atom. The summed E-state index contributed by atoms with van der Waals surface area (Å²) in [6.07, 6.45) is 0. The van der Waals surface area contributed by atoms with Crippen molar-refractivity contribution < 1.29 is 4.92 Å². The molecule has 2 aromatic rings. The van der Waals surface area contributed by atoms with Gasteiger partial charge in [-0.1, -0.05) is 23.5 Å². The number of nitro benzene ring substituents is 1. The molecule has 9 heteroatoms. The number of benzene rings is 1. The van der Waals surface area contributed by atoms with Crippen LogP contribution in [0, 0.1) is 17.0 Å². The van der Waals surface area contributed by atoms with E-state index in [-0.39, 0.29) is 28.6 Å². The van der Waals surface area contributed by atoms with E-state index in [4.69, 9.17) is 11.5 Å². The van der Waals surface area contributed by atoms with Crippen LogP contribution in [0.25, 0.3) is 11.3 Å². The number of thiazole rings is 1. The summed E-state index contributed by atoms with van der Waals surface area (Å²) in [4.78, 5) is 19.3. The summed E-state index contributed by atoms with van der Waals surface area (Å²) in [6.45, 7) is 1.86. The number of nitro groups is 1. The fraction of sp³-hybridized carbons (Fsp3) is 0.0909. The van der Waals surface area contributed by atoms with Crippen molar-refractivity contribution in [1.82, 2.24) is 4.98 Å². The molecule has 0 aliphatic heterocycles. The van der Waals surface area contributed by atoms with E-state index in [0.29, 0.717) is 16.4 Å². The molecule has 0 spiro atoms. The van der Waals surface area contributed by atoms with Crippen LogP contribution in [-0.4, -0.2) is 15.9 Å². The summed E-state index contributed by atoms with van der Waals surface area (Å²) in [6, 6.07) is 6.28. The van der Waals surface area contributed by atoms with Crippen molar-refractivity contribution in [3.05, 3.63) is 39.3 Å². The molecule has 4 N–H and O–H groups in total. The summed E-state index contributed by atoms with van der Waals surface area (Å²) in [5, 5.41) is 11.2. The van der Waals surface area contributed by atoms with Gasteiger partial charge in [-0.15, -0.1) is 17.0 Å². The Bertz CT molecular complexity index is 667. The number of aromatic nitrogens is 1. The summed E-state index contributed by atoms with van der Waals surface area (Å²) in [7, 11) is 0. The third-order valence-electron chi connectivity index (χ3n) is 2.34. The predicted molar refractivity (Wildman–Crippen MR) is 84.7 cm³/mol. The number of halogens is 1. The van der Waals surface area contributed by atoms with Crippen LogP contribution in [0.2, 0.25) is 0 Å². The number of aliphatic imine (C=N–C) groups is 1.